The van der Waals surface area contributed by atoms with Crippen LogP contribution in [0, 0.1) is 0 Å². The van der Waals surface area contributed by atoms with E-state index in [1.54, 1.807) is 0 Å². The zero-order valence-corrected chi connectivity index (χ0v) is 6.34. The second kappa shape index (κ2) is 3.56. The van der Waals surface area contributed by atoms with Crippen molar-refractivity contribution in [2.45, 2.75) is 25.8 Å². The van der Waals surface area contributed by atoms with Crippen LogP contribution in [0.15, 0.2) is 4.99 Å². The van der Waals surface area contributed by atoms with Gasteiger partial charge in [-0.2, -0.15) is 0 Å². The highest BCUT2D eigenvalue weighted by atomic mass is 16.5. The molecule has 1 saturated heterocycles. The van der Waals surface area contributed by atoms with Crippen molar-refractivity contribution in [3.63, 3.8) is 0 Å². The Labute approximate surface area is 61.3 Å². The number of hydrogen-bond acceptors (Lipinski definition) is 2. The maximum atomic E-state index is 5.55. The molecule has 10 heavy (non-hydrogen) atoms. The first kappa shape index (κ1) is 7.54. The number of aliphatic imine (C=N–C) groups is 1. The van der Waals surface area contributed by atoms with Gasteiger partial charge in [-0.05, 0) is 6.42 Å². The average molecular weight is 142 g/mol. The second-order valence-electron chi connectivity index (χ2n) is 2.49. The van der Waals surface area contributed by atoms with Crippen molar-refractivity contribution < 1.29 is 4.74 Å². The summed E-state index contributed by atoms with van der Waals surface area (Å²) in [6.45, 7) is 3.60. The molecule has 1 heterocycles. The van der Waals surface area contributed by atoms with Crippen LogP contribution in [0.25, 0.3) is 0 Å². The van der Waals surface area contributed by atoms with Gasteiger partial charge in [0.2, 0.25) is 0 Å². The molecule has 3 heteroatoms. The molecule has 0 saturated carbocycles. The molecule has 1 aliphatic rings. The Morgan fingerprint density at radius 3 is 3.10 bits per heavy atom. The highest BCUT2D eigenvalue weighted by Crippen LogP contribution is 2.07. The average Bonchev–Trinajstić information content (AvgIpc) is 2.40. The van der Waals surface area contributed by atoms with Gasteiger partial charge in [0.1, 0.15) is 0 Å². The van der Waals surface area contributed by atoms with Gasteiger partial charge in [-0.25, -0.2) is 0 Å². The molecule has 2 N–H and O–H groups in total. The Balaban J connectivity index is 2.34. The second-order valence-corrected chi connectivity index (χ2v) is 2.49. The van der Waals surface area contributed by atoms with Crippen LogP contribution < -0.4 is 5.73 Å². The smallest absolute Gasteiger partial charge is 0.0938 e. The quantitative estimate of drug-likeness (QED) is 0.452. The van der Waals surface area contributed by atoms with Crippen LogP contribution in [0.3, 0.4) is 0 Å². The van der Waals surface area contributed by atoms with Gasteiger partial charge in [0, 0.05) is 13.0 Å². The minimum Gasteiger partial charge on any atom is -0.387 e. The predicted octanol–water partition coefficient (Wildman–Crippen LogP) is 0.542. The molecule has 0 amide bonds. The normalized spacial score (nSPS) is 27.3. The number of amidine groups is 1. The van der Waals surface area contributed by atoms with Crippen molar-refractivity contribution in [2.24, 2.45) is 10.7 Å². The summed E-state index contributed by atoms with van der Waals surface area (Å²) in [5.41, 5.74) is 5.55. The van der Waals surface area contributed by atoms with Gasteiger partial charge in [-0.1, -0.05) is 6.92 Å². The van der Waals surface area contributed by atoms with Gasteiger partial charge in [0.25, 0.3) is 0 Å². The van der Waals surface area contributed by atoms with Crippen molar-refractivity contribution in [1.29, 1.82) is 0 Å². The lowest BCUT2D eigenvalue weighted by Crippen LogP contribution is -2.15. The zero-order valence-electron chi connectivity index (χ0n) is 6.34. The molecule has 0 aromatic heterocycles. The van der Waals surface area contributed by atoms with Crippen LogP contribution >= 0.6 is 0 Å². The molecule has 0 aromatic carbocycles. The van der Waals surface area contributed by atoms with Gasteiger partial charge < -0.3 is 10.5 Å². The monoisotopic (exact) mass is 142 g/mol. The summed E-state index contributed by atoms with van der Waals surface area (Å²) in [5.74, 6) is 0.746. The van der Waals surface area contributed by atoms with E-state index in [4.69, 9.17) is 10.5 Å². The molecule has 1 aliphatic heterocycles. The van der Waals surface area contributed by atoms with E-state index in [0.717, 1.165) is 31.9 Å². The Kier molecular flexibility index (Phi) is 2.68. The van der Waals surface area contributed by atoms with Gasteiger partial charge in [0.15, 0.2) is 0 Å². The fourth-order valence-electron chi connectivity index (χ4n) is 0.950. The van der Waals surface area contributed by atoms with E-state index in [1.165, 1.54) is 0 Å². The van der Waals surface area contributed by atoms with Crippen molar-refractivity contribution >= 4 is 5.84 Å². The van der Waals surface area contributed by atoms with E-state index in [2.05, 4.69) is 4.99 Å². The fraction of sp³-hybridized carbons (Fsp3) is 0.857. The molecule has 0 bridgehead atoms. The van der Waals surface area contributed by atoms with E-state index in [1.807, 2.05) is 6.92 Å². The highest BCUT2D eigenvalue weighted by molar-refractivity contribution is 5.80. The first-order chi connectivity index (χ1) is 4.83. The summed E-state index contributed by atoms with van der Waals surface area (Å²) in [7, 11) is 0. The summed E-state index contributed by atoms with van der Waals surface area (Å²) in [6, 6.07) is 0.333. The Morgan fingerprint density at radius 2 is 2.60 bits per heavy atom. The molecular weight excluding hydrogens is 128 g/mol. The van der Waals surface area contributed by atoms with Gasteiger partial charge >= 0.3 is 0 Å². The van der Waals surface area contributed by atoms with E-state index in [-0.39, 0.29) is 0 Å². The molecule has 1 fully saturated rings. The summed E-state index contributed by atoms with van der Waals surface area (Å²) in [5, 5.41) is 0. The molecule has 0 spiro atoms. The van der Waals surface area contributed by atoms with Crippen molar-refractivity contribution in [3.8, 4) is 0 Å². The number of nitrogens with zero attached hydrogens (tertiary/aromatic N) is 1. The largest absolute Gasteiger partial charge is 0.387 e. The van der Waals surface area contributed by atoms with Crippen LogP contribution in [-0.4, -0.2) is 25.1 Å². The van der Waals surface area contributed by atoms with E-state index >= 15 is 0 Å². The van der Waals surface area contributed by atoms with Crippen LogP contribution in [-0.2, 0) is 4.74 Å². The number of ether oxygens (including phenoxy) is 1. The number of rotatable bonds is 2. The topological polar surface area (TPSA) is 47.6 Å². The molecule has 0 aliphatic carbocycles. The van der Waals surface area contributed by atoms with Crippen LogP contribution in [0.4, 0.5) is 0 Å². The Bertz CT molecular complexity index is 128. The number of hydrogen-bond donors (Lipinski definition) is 1. The lowest BCUT2D eigenvalue weighted by molar-refractivity contribution is 0.194. The molecular formula is C7H14N2O. The highest BCUT2D eigenvalue weighted by Gasteiger charge is 2.13. The first-order valence-corrected chi connectivity index (χ1v) is 3.72. The summed E-state index contributed by atoms with van der Waals surface area (Å²) < 4.78 is 5.14. The maximum absolute atomic E-state index is 5.55. The molecule has 1 unspecified atom stereocenters. The van der Waals surface area contributed by atoms with Crippen molar-refractivity contribution in [1.82, 2.24) is 0 Å². The van der Waals surface area contributed by atoms with Gasteiger partial charge in [0.05, 0.1) is 18.5 Å². The Hall–Kier alpha value is -0.570. The van der Waals surface area contributed by atoms with Crippen LogP contribution in [0.2, 0.25) is 0 Å². The standard InChI is InChI=1S/C7H14N2O/c1-2-7(8)9-6-3-4-10-5-6/h6H,2-5H2,1H3,(H2,8,9). The zero-order chi connectivity index (χ0) is 7.40. The third-order valence-electron chi connectivity index (χ3n) is 1.62. The SMILES string of the molecule is CCC(N)=NC1CCOC1. The van der Waals surface area contributed by atoms with E-state index in [0.29, 0.717) is 6.04 Å². The third-order valence-corrected chi connectivity index (χ3v) is 1.62. The van der Waals surface area contributed by atoms with Gasteiger partial charge in [-0.15, -0.1) is 0 Å². The fourth-order valence-corrected chi connectivity index (χ4v) is 0.950. The summed E-state index contributed by atoms with van der Waals surface area (Å²) in [4.78, 5) is 4.26. The lowest BCUT2D eigenvalue weighted by Gasteiger charge is -2.00. The minimum atomic E-state index is 0.333. The van der Waals surface area contributed by atoms with Crippen LogP contribution in [0.5, 0.6) is 0 Å². The van der Waals surface area contributed by atoms with Crippen LogP contribution in [0.1, 0.15) is 19.8 Å². The molecule has 0 aromatic rings. The van der Waals surface area contributed by atoms with Gasteiger partial charge in [-0.3, -0.25) is 4.99 Å². The molecule has 1 rings (SSSR count). The minimum absolute atomic E-state index is 0.333. The van der Waals surface area contributed by atoms with E-state index < -0.39 is 0 Å². The maximum Gasteiger partial charge on any atom is 0.0938 e. The Morgan fingerprint density at radius 1 is 1.80 bits per heavy atom. The van der Waals surface area contributed by atoms with E-state index in [9.17, 15) is 0 Å². The molecule has 3 nitrogen and oxygen atoms in total. The molecule has 0 radical (unpaired) electrons. The molecule has 1 atom stereocenters. The van der Waals surface area contributed by atoms with Crippen molar-refractivity contribution in [2.75, 3.05) is 13.2 Å². The summed E-state index contributed by atoms with van der Waals surface area (Å²) in [6.07, 6.45) is 1.87. The molecule has 58 valence electrons. The predicted molar refractivity (Wildman–Crippen MR) is 41.1 cm³/mol. The number of nitrogens with two attached hydrogens (primary N) is 1. The lowest BCUT2D eigenvalue weighted by atomic mass is 10.3. The van der Waals surface area contributed by atoms with Crippen molar-refractivity contribution in [3.05, 3.63) is 0 Å². The first-order valence-electron chi connectivity index (χ1n) is 3.72. The third kappa shape index (κ3) is 1.99. The summed E-state index contributed by atoms with van der Waals surface area (Å²) >= 11 is 0.